The number of rotatable bonds is 6. The molecule has 4 heteroatoms. The molecule has 0 aliphatic heterocycles. The molecule has 94 valence electrons. The Balaban J connectivity index is 2.97. The Hall–Kier alpha value is -1.00. The molecule has 1 atom stereocenters. The van der Waals surface area contributed by atoms with Gasteiger partial charge in [0.05, 0.1) is 7.11 Å². The second kappa shape index (κ2) is 6.67. The Morgan fingerprint density at radius 3 is 2.76 bits per heavy atom. The van der Waals surface area contributed by atoms with Gasteiger partial charge in [-0.1, -0.05) is 34.6 Å². The Morgan fingerprint density at radius 2 is 2.24 bits per heavy atom. The quantitative estimate of drug-likeness (QED) is 0.878. The summed E-state index contributed by atoms with van der Waals surface area (Å²) < 4.78 is 11.8. The van der Waals surface area contributed by atoms with Crippen molar-refractivity contribution in [1.82, 2.24) is 0 Å². The van der Waals surface area contributed by atoms with Gasteiger partial charge in [0.2, 0.25) is 0 Å². The Morgan fingerprint density at radius 1 is 1.53 bits per heavy atom. The molecule has 0 radical (unpaired) electrons. The molecule has 0 amide bonds. The van der Waals surface area contributed by atoms with Gasteiger partial charge in [-0.15, -0.1) is 0 Å². The van der Waals surface area contributed by atoms with Crippen molar-refractivity contribution in [3.63, 3.8) is 0 Å². The highest BCUT2D eigenvalue weighted by molar-refractivity contribution is 9.11. The van der Waals surface area contributed by atoms with Crippen LogP contribution >= 0.6 is 15.9 Å². The van der Waals surface area contributed by atoms with Gasteiger partial charge in [0.1, 0.15) is 6.61 Å². The zero-order valence-electron chi connectivity index (χ0n) is 10.2. The van der Waals surface area contributed by atoms with E-state index in [0.29, 0.717) is 6.61 Å². The van der Waals surface area contributed by atoms with Crippen molar-refractivity contribution in [2.45, 2.75) is 19.4 Å². The van der Waals surface area contributed by atoms with E-state index in [4.69, 9.17) is 15.2 Å². The van der Waals surface area contributed by atoms with Crippen LogP contribution in [0.5, 0.6) is 11.5 Å². The minimum Gasteiger partial charge on any atom is -0.493 e. The minimum absolute atomic E-state index is 0.0802. The highest BCUT2D eigenvalue weighted by Gasteiger charge is 2.12. The molecule has 0 heterocycles. The van der Waals surface area contributed by atoms with E-state index in [-0.39, 0.29) is 6.04 Å². The van der Waals surface area contributed by atoms with Gasteiger partial charge in [-0.25, -0.2) is 0 Å². The number of ether oxygens (including phenoxy) is 2. The van der Waals surface area contributed by atoms with Crippen LogP contribution in [-0.2, 0) is 6.42 Å². The maximum Gasteiger partial charge on any atom is 0.164 e. The molecule has 17 heavy (non-hydrogen) atoms. The van der Waals surface area contributed by atoms with Crippen molar-refractivity contribution in [3.8, 4) is 11.5 Å². The molecule has 0 aliphatic rings. The van der Waals surface area contributed by atoms with E-state index in [1.807, 2.05) is 25.1 Å². The van der Waals surface area contributed by atoms with Gasteiger partial charge < -0.3 is 15.2 Å². The van der Waals surface area contributed by atoms with Crippen molar-refractivity contribution < 1.29 is 9.47 Å². The highest BCUT2D eigenvalue weighted by Crippen LogP contribution is 2.32. The van der Waals surface area contributed by atoms with Crippen molar-refractivity contribution >= 4 is 15.9 Å². The molecule has 2 N–H and O–H groups in total. The molecule has 0 fully saturated rings. The lowest BCUT2D eigenvalue weighted by atomic mass is 10.1. The summed E-state index contributed by atoms with van der Waals surface area (Å²) in [5.41, 5.74) is 6.87. The molecule has 0 bridgehead atoms. The zero-order chi connectivity index (χ0) is 12.8. The number of benzene rings is 1. The first-order valence-corrected chi connectivity index (χ1v) is 6.21. The monoisotopic (exact) mass is 299 g/mol. The van der Waals surface area contributed by atoms with Crippen molar-refractivity contribution in [2.75, 3.05) is 13.7 Å². The fourth-order valence-electron chi connectivity index (χ4n) is 1.54. The topological polar surface area (TPSA) is 44.5 Å². The van der Waals surface area contributed by atoms with Crippen molar-refractivity contribution in [2.24, 2.45) is 5.73 Å². The molecule has 0 saturated heterocycles. The van der Waals surface area contributed by atoms with Crippen LogP contribution in [0.2, 0.25) is 0 Å². The minimum atomic E-state index is 0.0802. The summed E-state index contributed by atoms with van der Waals surface area (Å²) in [6, 6.07) is 5.89. The van der Waals surface area contributed by atoms with Gasteiger partial charge in [0.25, 0.3) is 0 Å². The van der Waals surface area contributed by atoms with Crippen molar-refractivity contribution in [1.29, 1.82) is 0 Å². The number of hydrogen-bond donors (Lipinski definition) is 1. The van der Waals surface area contributed by atoms with Gasteiger partial charge >= 0.3 is 0 Å². The molecule has 0 spiro atoms. The van der Waals surface area contributed by atoms with E-state index in [2.05, 4.69) is 22.5 Å². The first kappa shape index (κ1) is 14.1. The molecule has 1 aromatic carbocycles. The van der Waals surface area contributed by atoms with Crippen LogP contribution in [0.25, 0.3) is 0 Å². The smallest absolute Gasteiger partial charge is 0.164 e. The van der Waals surface area contributed by atoms with Crippen LogP contribution in [0.15, 0.2) is 29.3 Å². The lowest BCUT2D eigenvalue weighted by Gasteiger charge is -2.15. The zero-order valence-corrected chi connectivity index (χ0v) is 11.8. The van der Waals surface area contributed by atoms with E-state index in [1.54, 1.807) is 7.11 Å². The summed E-state index contributed by atoms with van der Waals surface area (Å²) in [6.45, 7) is 6.12. The van der Waals surface area contributed by atoms with Crippen LogP contribution in [-0.4, -0.2) is 19.8 Å². The normalized spacial score (nSPS) is 12.0. The molecular formula is C13H18BrNO2. The Labute approximate surface area is 111 Å². The van der Waals surface area contributed by atoms with Crippen LogP contribution in [0.4, 0.5) is 0 Å². The number of halogens is 1. The fraction of sp³-hybridized carbons (Fsp3) is 0.385. The summed E-state index contributed by atoms with van der Waals surface area (Å²) in [4.78, 5) is 0. The average molecular weight is 300 g/mol. The largest absolute Gasteiger partial charge is 0.493 e. The maximum absolute atomic E-state index is 5.82. The van der Waals surface area contributed by atoms with E-state index < -0.39 is 0 Å². The third-order valence-electron chi connectivity index (χ3n) is 2.20. The van der Waals surface area contributed by atoms with Gasteiger partial charge in [-0.2, -0.15) is 0 Å². The van der Waals surface area contributed by atoms with E-state index in [0.717, 1.165) is 28.0 Å². The summed E-state index contributed by atoms with van der Waals surface area (Å²) in [5, 5.41) is 0. The Kier molecular flexibility index (Phi) is 5.51. The molecule has 1 unspecified atom stereocenters. The van der Waals surface area contributed by atoms with E-state index >= 15 is 0 Å². The molecular weight excluding hydrogens is 282 g/mol. The maximum atomic E-state index is 5.82. The highest BCUT2D eigenvalue weighted by atomic mass is 79.9. The van der Waals surface area contributed by atoms with Crippen LogP contribution < -0.4 is 15.2 Å². The lowest BCUT2D eigenvalue weighted by molar-refractivity contribution is 0.321. The van der Waals surface area contributed by atoms with Gasteiger partial charge in [0.15, 0.2) is 11.5 Å². The lowest BCUT2D eigenvalue weighted by Crippen LogP contribution is -2.18. The SMILES string of the molecule is C=C(Br)COc1c(CC(C)N)cccc1OC. The predicted octanol–water partition coefficient (Wildman–Crippen LogP) is 2.87. The molecule has 3 nitrogen and oxygen atoms in total. The molecule has 0 aromatic heterocycles. The molecule has 0 aliphatic carbocycles. The Bertz CT molecular complexity index is 391. The molecule has 0 saturated carbocycles. The van der Waals surface area contributed by atoms with Gasteiger partial charge in [0, 0.05) is 10.5 Å². The third kappa shape index (κ3) is 4.40. The molecule has 1 aromatic rings. The first-order chi connectivity index (χ1) is 8.04. The second-order valence-corrected chi connectivity index (χ2v) is 5.06. The summed E-state index contributed by atoms with van der Waals surface area (Å²) >= 11 is 3.27. The van der Waals surface area contributed by atoms with E-state index in [9.17, 15) is 0 Å². The number of hydrogen-bond acceptors (Lipinski definition) is 3. The summed E-state index contributed by atoms with van der Waals surface area (Å²) in [6.07, 6.45) is 0.751. The number of methoxy groups -OCH3 is 1. The van der Waals surface area contributed by atoms with Crippen LogP contribution in [0.1, 0.15) is 12.5 Å². The second-order valence-electron chi connectivity index (χ2n) is 3.94. The van der Waals surface area contributed by atoms with Crippen LogP contribution in [0.3, 0.4) is 0 Å². The van der Waals surface area contributed by atoms with Gasteiger partial charge in [-0.3, -0.25) is 0 Å². The standard InChI is InChI=1S/C13H18BrNO2/c1-9(14)8-17-13-11(7-10(2)15)5-4-6-12(13)16-3/h4-6,10H,1,7-8,15H2,2-3H3. The average Bonchev–Trinajstić information content (AvgIpc) is 2.26. The van der Waals surface area contributed by atoms with Gasteiger partial charge in [-0.05, 0) is 25.0 Å². The van der Waals surface area contributed by atoms with E-state index in [1.165, 1.54) is 0 Å². The number of nitrogens with two attached hydrogens (primary N) is 1. The van der Waals surface area contributed by atoms with Crippen LogP contribution in [0, 0.1) is 0 Å². The van der Waals surface area contributed by atoms with Crippen molar-refractivity contribution in [3.05, 3.63) is 34.8 Å². The fourth-order valence-corrected chi connectivity index (χ4v) is 1.66. The third-order valence-corrected chi connectivity index (χ3v) is 2.42. The first-order valence-electron chi connectivity index (χ1n) is 5.42. The number of para-hydroxylation sites is 1. The summed E-state index contributed by atoms with van der Waals surface area (Å²) in [7, 11) is 1.63. The molecule has 1 rings (SSSR count). The summed E-state index contributed by atoms with van der Waals surface area (Å²) in [5.74, 6) is 1.46. The predicted molar refractivity (Wildman–Crippen MR) is 73.9 cm³/mol.